The van der Waals surface area contributed by atoms with Gasteiger partial charge in [0.15, 0.2) is 0 Å². The minimum absolute atomic E-state index is 0.174. The second-order valence-corrected chi connectivity index (χ2v) is 9.07. The van der Waals surface area contributed by atoms with E-state index in [1.807, 2.05) is 12.1 Å². The number of unbranched alkanes of at least 4 members (excludes halogenated alkanes) is 18. The van der Waals surface area contributed by atoms with Gasteiger partial charge in [-0.05, 0) is 12.8 Å². The van der Waals surface area contributed by atoms with Crippen LogP contribution in [0.1, 0.15) is 149 Å². The summed E-state index contributed by atoms with van der Waals surface area (Å²) in [6, 6.07) is 0. The van der Waals surface area contributed by atoms with Gasteiger partial charge in [-0.25, -0.2) is 5.01 Å². The predicted octanol–water partition coefficient (Wildman–Crippen LogP) is 8.18. The van der Waals surface area contributed by atoms with E-state index in [2.05, 4.69) is 19.3 Å². The third-order valence-corrected chi connectivity index (χ3v) is 5.88. The molecule has 3 nitrogen and oxygen atoms in total. The fraction of sp³-hybridized carbons (Fsp3) is 0.962. The lowest BCUT2D eigenvalue weighted by atomic mass is 10.0. The highest BCUT2D eigenvalue weighted by Gasteiger charge is 2.03. The average molecular weight is 411 g/mol. The molecule has 29 heavy (non-hydrogen) atoms. The molecule has 0 saturated heterocycles. The van der Waals surface area contributed by atoms with Crippen molar-refractivity contribution in [1.29, 1.82) is 0 Å². The van der Waals surface area contributed by atoms with Crippen LogP contribution in [-0.4, -0.2) is 24.5 Å². The van der Waals surface area contributed by atoms with Crippen LogP contribution in [-0.2, 0) is 4.79 Å². The Morgan fingerprint density at radius 1 is 0.552 bits per heavy atom. The first-order chi connectivity index (χ1) is 14.2. The molecule has 0 atom stereocenters. The third kappa shape index (κ3) is 23.6. The lowest BCUT2D eigenvalue weighted by Crippen LogP contribution is -2.39. The Balaban J connectivity index is 3.12. The number of hydrazine groups is 1. The summed E-state index contributed by atoms with van der Waals surface area (Å²) >= 11 is 0. The van der Waals surface area contributed by atoms with Crippen molar-refractivity contribution < 1.29 is 4.79 Å². The van der Waals surface area contributed by atoms with E-state index in [-0.39, 0.29) is 5.91 Å². The number of nitrogens with one attached hydrogen (secondary N) is 1. The standard InChI is InChI=1S/C26H54N2O/c1-4-6-7-8-9-10-11-12-13-14-15-16-17-18-19-20-21-22-23-24-26(29)27-28(3)25-5-2/h4-25H2,1-3H3,(H,27,29). The fourth-order valence-electron chi connectivity index (χ4n) is 4.02. The van der Waals surface area contributed by atoms with Gasteiger partial charge in [0.2, 0.25) is 5.91 Å². The molecule has 0 aliphatic carbocycles. The molecule has 0 aromatic heterocycles. The molecule has 0 bridgehead atoms. The highest BCUT2D eigenvalue weighted by atomic mass is 16.2. The number of carbonyl (C=O) groups is 1. The topological polar surface area (TPSA) is 32.3 Å². The summed E-state index contributed by atoms with van der Waals surface area (Å²) in [5, 5.41) is 1.90. The van der Waals surface area contributed by atoms with E-state index in [1.165, 1.54) is 116 Å². The zero-order valence-corrected chi connectivity index (χ0v) is 20.4. The van der Waals surface area contributed by atoms with Crippen LogP contribution in [0.25, 0.3) is 0 Å². The molecule has 0 aliphatic heterocycles. The van der Waals surface area contributed by atoms with Gasteiger partial charge in [-0.15, -0.1) is 0 Å². The smallest absolute Gasteiger partial charge is 0.234 e. The quantitative estimate of drug-likeness (QED) is 0.136. The monoisotopic (exact) mass is 410 g/mol. The van der Waals surface area contributed by atoms with E-state index in [9.17, 15) is 4.79 Å². The number of hydrogen-bond donors (Lipinski definition) is 1. The predicted molar refractivity (Wildman–Crippen MR) is 129 cm³/mol. The molecule has 0 fully saturated rings. The van der Waals surface area contributed by atoms with Crippen molar-refractivity contribution in [2.24, 2.45) is 0 Å². The fourth-order valence-corrected chi connectivity index (χ4v) is 4.02. The molecule has 1 amide bonds. The highest BCUT2D eigenvalue weighted by molar-refractivity contribution is 5.75. The maximum Gasteiger partial charge on any atom is 0.234 e. The largest absolute Gasteiger partial charge is 0.289 e. The minimum atomic E-state index is 0.174. The Morgan fingerprint density at radius 3 is 1.24 bits per heavy atom. The van der Waals surface area contributed by atoms with Crippen molar-refractivity contribution in [2.75, 3.05) is 13.6 Å². The lowest BCUT2D eigenvalue weighted by molar-refractivity contribution is -0.125. The number of rotatable bonds is 23. The van der Waals surface area contributed by atoms with Crippen LogP contribution in [0.4, 0.5) is 0 Å². The van der Waals surface area contributed by atoms with Crippen molar-refractivity contribution >= 4 is 5.91 Å². The van der Waals surface area contributed by atoms with E-state index in [0.717, 1.165) is 19.4 Å². The second kappa shape index (κ2) is 23.7. The first kappa shape index (κ1) is 28.4. The number of hydrogen-bond acceptors (Lipinski definition) is 2. The summed E-state index contributed by atoms with van der Waals surface area (Å²) < 4.78 is 0. The lowest BCUT2D eigenvalue weighted by Gasteiger charge is -2.16. The summed E-state index contributed by atoms with van der Waals surface area (Å²) in [6.45, 7) is 5.34. The van der Waals surface area contributed by atoms with E-state index < -0.39 is 0 Å². The second-order valence-electron chi connectivity index (χ2n) is 9.07. The summed E-state index contributed by atoms with van der Waals surface area (Å²) in [4.78, 5) is 11.8. The molecule has 0 spiro atoms. The van der Waals surface area contributed by atoms with Crippen LogP contribution in [0.5, 0.6) is 0 Å². The molecule has 0 aromatic rings. The Hall–Kier alpha value is -0.570. The van der Waals surface area contributed by atoms with Crippen molar-refractivity contribution in [3.8, 4) is 0 Å². The number of carbonyl (C=O) groups excluding carboxylic acids is 1. The first-order valence-electron chi connectivity index (χ1n) is 13.2. The summed E-state index contributed by atoms with van der Waals surface area (Å²) in [5.41, 5.74) is 2.93. The molecule has 0 unspecified atom stereocenters. The van der Waals surface area contributed by atoms with Gasteiger partial charge < -0.3 is 0 Å². The Bertz CT molecular complexity index is 333. The van der Waals surface area contributed by atoms with Crippen LogP contribution in [0, 0.1) is 0 Å². The zero-order valence-electron chi connectivity index (χ0n) is 20.4. The van der Waals surface area contributed by atoms with Crippen LogP contribution in [0.2, 0.25) is 0 Å². The van der Waals surface area contributed by atoms with Gasteiger partial charge in [0.1, 0.15) is 0 Å². The highest BCUT2D eigenvalue weighted by Crippen LogP contribution is 2.14. The molecule has 1 N–H and O–H groups in total. The normalized spacial score (nSPS) is 11.3. The van der Waals surface area contributed by atoms with E-state index in [1.54, 1.807) is 0 Å². The minimum Gasteiger partial charge on any atom is -0.289 e. The molecule has 174 valence electrons. The molecule has 3 heteroatoms. The molecular weight excluding hydrogens is 356 g/mol. The average Bonchev–Trinajstić information content (AvgIpc) is 2.70. The Morgan fingerprint density at radius 2 is 0.897 bits per heavy atom. The van der Waals surface area contributed by atoms with Crippen molar-refractivity contribution in [1.82, 2.24) is 10.4 Å². The molecule has 0 heterocycles. The Kier molecular flexibility index (Phi) is 23.2. The van der Waals surface area contributed by atoms with Gasteiger partial charge in [-0.2, -0.15) is 0 Å². The van der Waals surface area contributed by atoms with Crippen LogP contribution < -0.4 is 5.43 Å². The summed E-state index contributed by atoms with van der Waals surface area (Å²) in [7, 11) is 1.94. The summed E-state index contributed by atoms with van der Waals surface area (Å²) in [5.74, 6) is 0.174. The zero-order chi connectivity index (χ0) is 21.4. The van der Waals surface area contributed by atoms with Gasteiger partial charge in [0.05, 0.1) is 0 Å². The van der Waals surface area contributed by atoms with E-state index >= 15 is 0 Å². The van der Waals surface area contributed by atoms with Gasteiger partial charge in [-0.3, -0.25) is 10.2 Å². The molecule has 0 aliphatic rings. The van der Waals surface area contributed by atoms with Gasteiger partial charge in [0, 0.05) is 20.0 Å². The van der Waals surface area contributed by atoms with Crippen molar-refractivity contribution in [3.05, 3.63) is 0 Å². The van der Waals surface area contributed by atoms with E-state index in [4.69, 9.17) is 0 Å². The number of nitrogens with zero attached hydrogens (tertiary/aromatic N) is 1. The van der Waals surface area contributed by atoms with Crippen LogP contribution in [0.3, 0.4) is 0 Å². The maximum absolute atomic E-state index is 11.8. The molecule has 0 saturated carbocycles. The SMILES string of the molecule is CCCCCCCCCCCCCCCCCCCCCC(=O)NN(C)CCC. The maximum atomic E-state index is 11.8. The molecular formula is C26H54N2O. The van der Waals surface area contributed by atoms with Gasteiger partial charge in [0.25, 0.3) is 0 Å². The van der Waals surface area contributed by atoms with E-state index in [0.29, 0.717) is 6.42 Å². The van der Waals surface area contributed by atoms with Crippen LogP contribution >= 0.6 is 0 Å². The number of amides is 1. The molecule has 0 rings (SSSR count). The third-order valence-electron chi connectivity index (χ3n) is 5.88. The molecule has 0 radical (unpaired) electrons. The Labute approximate surface area is 183 Å². The van der Waals surface area contributed by atoms with Crippen LogP contribution in [0.15, 0.2) is 0 Å². The molecule has 0 aromatic carbocycles. The van der Waals surface area contributed by atoms with Gasteiger partial charge in [-0.1, -0.05) is 129 Å². The van der Waals surface area contributed by atoms with Gasteiger partial charge >= 0.3 is 0 Å². The van der Waals surface area contributed by atoms with Crippen molar-refractivity contribution in [2.45, 2.75) is 149 Å². The first-order valence-corrected chi connectivity index (χ1v) is 13.2. The van der Waals surface area contributed by atoms with Crippen molar-refractivity contribution in [3.63, 3.8) is 0 Å². The summed E-state index contributed by atoms with van der Waals surface area (Å²) in [6.07, 6.45) is 28.1.